The predicted molar refractivity (Wildman–Crippen MR) is 67.8 cm³/mol. The lowest BCUT2D eigenvalue weighted by Gasteiger charge is -2.53. The van der Waals surface area contributed by atoms with E-state index in [1.54, 1.807) is 6.92 Å². The smallest absolute Gasteiger partial charge is 0.334 e. The molecule has 2 fully saturated rings. The second-order valence-electron chi connectivity index (χ2n) is 6.51. The third-order valence-corrected chi connectivity index (χ3v) is 5.85. The first-order valence-electron chi connectivity index (χ1n) is 7.06. The Bertz CT molecular complexity index is 425. The summed E-state index contributed by atoms with van der Waals surface area (Å²) in [4.78, 5) is 11.7. The number of esters is 1. The van der Waals surface area contributed by atoms with E-state index in [9.17, 15) is 9.90 Å². The molecule has 2 aliphatic carbocycles. The molecule has 3 heteroatoms. The maximum Gasteiger partial charge on any atom is 0.334 e. The van der Waals surface area contributed by atoms with Gasteiger partial charge in [0.2, 0.25) is 0 Å². The molecule has 0 aromatic carbocycles. The van der Waals surface area contributed by atoms with Crippen LogP contribution < -0.4 is 0 Å². The number of carbonyl (C=O) groups is 1. The van der Waals surface area contributed by atoms with Gasteiger partial charge >= 0.3 is 5.97 Å². The third kappa shape index (κ3) is 1.37. The van der Waals surface area contributed by atoms with E-state index < -0.39 is 6.10 Å². The van der Waals surface area contributed by atoms with Crippen molar-refractivity contribution in [1.29, 1.82) is 0 Å². The molecule has 100 valence electrons. The van der Waals surface area contributed by atoms with Crippen molar-refractivity contribution in [2.24, 2.45) is 17.3 Å². The molecular weight excluding hydrogens is 228 g/mol. The largest absolute Gasteiger partial charge is 0.454 e. The summed E-state index contributed by atoms with van der Waals surface area (Å²) < 4.78 is 5.40. The van der Waals surface area contributed by atoms with Crippen LogP contribution in [0.2, 0.25) is 0 Å². The molecule has 1 N–H and O–H groups in total. The summed E-state index contributed by atoms with van der Waals surface area (Å²) in [7, 11) is 0. The molecule has 3 aliphatic rings. The Kier molecular flexibility index (Phi) is 2.60. The Balaban J connectivity index is 2.04. The molecule has 18 heavy (non-hydrogen) atoms. The summed E-state index contributed by atoms with van der Waals surface area (Å²) in [5.41, 5.74) is 1.43. The zero-order valence-corrected chi connectivity index (χ0v) is 11.4. The molecule has 1 aliphatic heterocycles. The molecule has 3 rings (SSSR count). The number of carbonyl (C=O) groups excluding carboxylic acids is 1. The van der Waals surface area contributed by atoms with Crippen molar-refractivity contribution in [2.45, 2.75) is 58.7 Å². The van der Waals surface area contributed by atoms with Crippen LogP contribution in [0.4, 0.5) is 0 Å². The van der Waals surface area contributed by atoms with Crippen molar-refractivity contribution in [1.82, 2.24) is 0 Å². The maximum atomic E-state index is 11.7. The van der Waals surface area contributed by atoms with E-state index in [4.69, 9.17) is 4.74 Å². The van der Waals surface area contributed by atoms with Crippen LogP contribution in [0, 0.1) is 17.3 Å². The van der Waals surface area contributed by atoms with Crippen molar-refractivity contribution < 1.29 is 14.6 Å². The first-order chi connectivity index (χ1) is 8.46. The van der Waals surface area contributed by atoms with E-state index in [-0.39, 0.29) is 17.5 Å². The summed E-state index contributed by atoms with van der Waals surface area (Å²) in [6, 6.07) is 0. The van der Waals surface area contributed by atoms with Crippen molar-refractivity contribution >= 4 is 5.97 Å². The van der Waals surface area contributed by atoms with Crippen molar-refractivity contribution in [3.8, 4) is 0 Å². The Labute approximate surface area is 108 Å². The Morgan fingerprint density at radius 2 is 2.11 bits per heavy atom. The van der Waals surface area contributed by atoms with E-state index in [1.807, 2.05) is 0 Å². The Morgan fingerprint density at radius 3 is 2.83 bits per heavy atom. The van der Waals surface area contributed by atoms with Gasteiger partial charge in [0.05, 0.1) is 6.10 Å². The molecule has 0 amide bonds. The van der Waals surface area contributed by atoms with Crippen LogP contribution in [0.1, 0.15) is 46.5 Å². The van der Waals surface area contributed by atoms with E-state index in [2.05, 4.69) is 13.8 Å². The minimum atomic E-state index is -0.511. The molecule has 0 saturated heterocycles. The zero-order chi connectivity index (χ0) is 13.1. The number of ether oxygens (including phenoxy) is 1. The summed E-state index contributed by atoms with van der Waals surface area (Å²) in [6.45, 7) is 6.23. The van der Waals surface area contributed by atoms with Crippen LogP contribution >= 0.6 is 0 Å². The van der Waals surface area contributed by atoms with E-state index in [0.29, 0.717) is 17.4 Å². The first kappa shape index (κ1) is 12.2. The van der Waals surface area contributed by atoms with Crippen LogP contribution in [0.5, 0.6) is 0 Å². The Hall–Kier alpha value is -0.830. The lowest BCUT2D eigenvalue weighted by Crippen LogP contribution is -2.53. The van der Waals surface area contributed by atoms with Gasteiger partial charge in [0, 0.05) is 16.6 Å². The van der Waals surface area contributed by atoms with Gasteiger partial charge in [-0.3, -0.25) is 0 Å². The number of aliphatic hydroxyl groups is 1. The van der Waals surface area contributed by atoms with Gasteiger partial charge in [-0.25, -0.2) is 4.79 Å². The van der Waals surface area contributed by atoms with Gasteiger partial charge in [0.15, 0.2) is 0 Å². The molecule has 0 unspecified atom stereocenters. The van der Waals surface area contributed by atoms with Gasteiger partial charge in [-0.05, 0) is 31.6 Å². The normalized spacial score (nSPS) is 47.7. The molecule has 5 atom stereocenters. The number of hydrogen-bond acceptors (Lipinski definition) is 3. The summed E-state index contributed by atoms with van der Waals surface area (Å²) in [5.74, 6) is 0.746. The standard InChI is InChI=1S/C15H22O3/c1-8-5-4-6-10-7-11-12(9(2)14(17)18-11)13(16)15(8,10)3/h8,10-11,13,16H,4-7H2,1-3H3/t8-,10+,11+,13+,15+/m0/s1. The van der Waals surface area contributed by atoms with Crippen LogP contribution in [0.25, 0.3) is 0 Å². The summed E-state index contributed by atoms with van der Waals surface area (Å²) in [6.07, 6.45) is 3.79. The lowest BCUT2D eigenvalue weighted by atomic mass is 9.53. The highest BCUT2D eigenvalue weighted by Gasteiger charge is 2.56. The minimum Gasteiger partial charge on any atom is -0.454 e. The topological polar surface area (TPSA) is 46.5 Å². The minimum absolute atomic E-state index is 0.0840. The van der Waals surface area contributed by atoms with Crippen LogP contribution in [0.15, 0.2) is 11.1 Å². The van der Waals surface area contributed by atoms with Crippen LogP contribution in [-0.4, -0.2) is 23.3 Å². The number of hydrogen-bond donors (Lipinski definition) is 1. The SMILES string of the molecule is CC1=C2[C@@H](O)[C@@]3(C)[C@H](CCC[C@@H]3C)C[C@H]2OC1=O. The first-order valence-corrected chi connectivity index (χ1v) is 7.06. The van der Waals surface area contributed by atoms with Gasteiger partial charge < -0.3 is 9.84 Å². The average molecular weight is 250 g/mol. The molecule has 0 aromatic rings. The van der Waals surface area contributed by atoms with Crippen LogP contribution in [-0.2, 0) is 9.53 Å². The van der Waals surface area contributed by atoms with E-state index >= 15 is 0 Å². The molecule has 3 nitrogen and oxygen atoms in total. The predicted octanol–water partition coefficient (Wildman–Crippen LogP) is 2.44. The highest BCUT2D eigenvalue weighted by molar-refractivity contribution is 5.92. The highest BCUT2D eigenvalue weighted by Crippen LogP contribution is 2.56. The molecule has 0 radical (unpaired) electrons. The Morgan fingerprint density at radius 1 is 1.39 bits per heavy atom. The van der Waals surface area contributed by atoms with Gasteiger partial charge in [-0.1, -0.05) is 26.7 Å². The van der Waals surface area contributed by atoms with Gasteiger partial charge in [0.1, 0.15) is 6.10 Å². The number of rotatable bonds is 0. The highest BCUT2D eigenvalue weighted by atomic mass is 16.5. The molecule has 1 heterocycles. The fourth-order valence-corrected chi connectivity index (χ4v) is 4.35. The van der Waals surface area contributed by atoms with Crippen LogP contribution in [0.3, 0.4) is 0 Å². The van der Waals surface area contributed by atoms with Gasteiger partial charge in [-0.2, -0.15) is 0 Å². The van der Waals surface area contributed by atoms with Crippen molar-refractivity contribution in [3.63, 3.8) is 0 Å². The molecule has 0 bridgehead atoms. The third-order valence-electron chi connectivity index (χ3n) is 5.85. The molecule has 0 aromatic heterocycles. The zero-order valence-electron chi connectivity index (χ0n) is 11.4. The van der Waals surface area contributed by atoms with Gasteiger partial charge in [-0.15, -0.1) is 0 Å². The average Bonchev–Trinajstić information content (AvgIpc) is 2.60. The number of aliphatic hydroxyl groups excluding tert-OH is 1. The second-order valence-corrected chi connectivity index (χ2v) is 6.51. The van der Waals surface area contributed by atoms with E-state index in [1.165, 1.54) is 12.8 Å². The molecule has 0 spiro atoms. The number of fused-ring (bicyclic) bond motifs is 2. The van der Waals surface area contributed by atoms with Crippen molar-refractivity contribution in [2.75, 3.05) is 0 Å². The van der Waals surface area contributed by atoms with Gasteiger partial charge in [0.25, 0.3) is 0 Å². The van der Waals surface area contributed by atoms with Crippen molar-refractivity contribution in [3.05, 3.63) is 11.1 Å². The fourth-order valence-electron chi connectivity index (χ4n) is 4.35. The quantitative estimate of drug-likeness (QED) is 0.672. The van der Waals surface area contributed by atoms with E-state index in [0.717, 1.165) is 18.4 Å². The summed E-state index contributed by atoms with van der Waals surface area (Å²) >= 11 is 0. The second kappa shape index (κ2) is 3.83. The molecular formula is C15H22O3. The summed E-state index contributed by atoms with van der Waals surface area (Å²) in [5, 5.41) is 10.8. The monoisotopic (exact) mass is 250 g/mol. The molecule has 2 saturated carbocycles. The fraction of sp³-hybridized carbons (Fsp3) is 0.800. The maximum absolute atomic E-state index is 11.7. The lowest BCUT2D eigenvalue weighted by molar-refractivity contribution is -0.145.